The molecule has 2 rings (SSSR count). The number of hydrogen-bond donors (Lipinski definition) is 1. The number of hydrogen-bond acceptors (Lipinski definition) is 5. The molecule has 0 fully saturated rings. The van der Waals surface area contributed by atoms with Gasteiger partial charge in [0.05, 0.1) is 6.42 Å². The van der Waals surface area contributed by atoms with Crippen molar-refractivity contribution in [2.75, 3.05) is 18.5 Å². The Morgan fingerprint density at radius 2 is 2.00 bits per heavy atom. The van der Waals surface area contributed by atoms with Crippen LogP contribution in [0.2, 0.25) is 0 Å². The minimum atomic E-state index is -0.819. The van der Waals surface area contributed by atoms with Crippen molar-refractivity contribution in [2.24, 2.45) is 0 Å². The number of rotatable bonds is 6. The number of pyridine rings is 1. The molecule has 0 amide bonds. The van der Waals surface area contributed by atoms with Gasteiger partial charge in [0.15, 0.2) is 5.82 Å². The highest BCUT2D eigenvalue weighted by molar-refractivity contribution is 5.67. The fourth-order valence-electron chi connectivity index (χ4n) is 1.87. The van der Waals surface area contributed by atoms with Crippen LogP contribution in [0.5, 0.6) is 0 Å². The molecule has 2 aromatic heterocycles. The molecule has 0 aliphatic carbocycles. The molecule has 0 aliphatic rings. The Morgan fingerprint density at radius 3 is 2.62 bits per heavy atom. The summed E-state index contributed by atoms with van der Waals surface area (Å²) in [6.07, 6.45) is 4.27. The van der Waals surface area contributed by atoms with Gasteiger partial charge in [-0.25, -0.2) is 9.97 Å². The molecule has 6 nitrogen and oxygen atoms in total. The molecular weight excluding hydrogens is 268 g/mol. The molecule has 0 spiro atoms. The average molecular weight is 286 g/mol. The molecule has 110 valence electrons. The first-order chi connectivity index (χ1) is 10.1. The van der Waals surface area contributed by atoms with E-state index in [4.69, 9.17) is 5.11 Å². The van der Waals surface area contributed by atoms with Crippen molar-refractivity contribution >= 4 is 11.8 Å². The number of anilines is 1. The standard InChI is InChI=1S/C15H18N4O2/c1-3-12-10-13(19(2)9-6-14(20)21)18-15(17-12)11-4-7-16-8-5-11/h4-5,7-8,10H,3,6,9H2,1-2H3,(H,20,21). The van der Waals surface area contributed by atoms with Gasteiger partial charge in [-0.3, -0.25) is 9.78 Å². The normalized spacial score (nSPS) is 10.4. The predicted molar refractivity (Wildman–Crippen MR) is 80.2 cm³/mol. The molecule has 0 unspecified atom stereocenters. The minimum absolute atomic E-state index is 0.0759. The van der Waals surface area contributed by atoms with Crippen LogP contribution in [0.15, 0.2) is 30.6 Å². The van der Waals surface area contributed by atoms with E-state index in [1.807, 2.05) is 37.1 Å². The second-order valence-corrected chi connectivity index (χ2v) is 4.70. The number of carboxylic acids is 1. The van der Waals surface area contributed by atoms with Crippen molar-refractivity contribution in [1.29, 1.82) is 0 Å². The maximum Gasteiger partial charge on any atom is 0.305 e. The third-order valence-corrected chi connectivity index (χ3v) is 3.12. The summed E-state index contributed by atoms with van der Waals surface area (Å²) in [4.78, 5) is 25.5. The Labute approximate surface area is 123 Å². The highest BCUT2D eigenvalue weighted by atomic mass is 16.4. The van der Waals surface area contributed by atoms with E-state index in [1.165, 1.54) is 0 Å². The Hall–Kier alpha value is -2.50. The second-order valence-electron chi connectivity index (χ2n) is 4.70. The molecule has 0 atom stereocenters. The minimum Gasteiger partial charge on any atom is -0.481 e. The smallest absolute Gasteiger partial charge is 0.305 e. The molecular formula is C15H18N4O2. The van der Waals surface area contributed by atoms with Crippen molar-refractivity contribution in [3.63, 3.8) is 0 Å². The maximum atomic E-state index is 10.7. The van der Waals surface area contributed by atoms with Gasteiger partial charge < -0.3 is 10.0 Å². The van der Waals surface area contributed by atoms with Gasteiger partial charge >= 0.3 is 5.97 Å². The van der Waals surface area contributed by atoms with E-state index >= 15 is 0 Å². The molecule has 6 heteroatoms. The Balaban J connectivity index is 2.31. The Bertz CT molecular complexity index is 616. The third-order valence-electron chi connectivity index (χ3n) is 3.12. The molecule has 0 bridgehead atoms. The summed E-state index contributed by atoms with van der Waals surface area (Å²) in [7, 11) is 1.83. The van der Waals surface area contributed by atoms with E-state index in [1.54, 1.807) is 12.4 Å². The van der Waals surface area contributed by atoms with E-state index in [0.29, 0.717) is 12.4 Å². The summed E-state index contributed by atoms with van der Waals surface area (Å²) in [5.41, 5.74) is 1.82. The molecule has 0 radical (unpaired) electrons. The van der Waals surface area contributed by atoms with Crippen LogP contribution in [0.25, 0.3) is 11.4 Å². The number of aryl methyl sites for hydroxylation is 1. The highest BCUT2D eigenvalue weighted by Crippen LogP contribution is 2.19. The summed E-state index contributed by atoms with van der Waals surface area (Å²) < 4.78 is 0. The Kier molecular flexibility index (Phi) is 4.81. The molecule has 1 N–H and O–H groups in total. The first-order valence-electron chi connectivity index (χ1n) is 6.81. The molecule has 0 aliphatic heterocycles. The van der Waals surface area contributed by atoms with Crippen molar-refractivity contribution in [2.45, 2.75) is 19.8 Å². The summed E-state index contributed by atoms with van der Waals surface area (Å²) in [5.74, 6) is 0.546. The lowest BCUT2D eigenvalue weighted by Gasteiger charge is -2.18. The van der Waals surface area contributed by atoms with E-state index in [0.717, 1.165) is 23.5 Å². The first kappa shape index (κ1) is 14.9. The van der Waals surface area contributed by atoms with Gasteiger partial charge in [-0.05, 0) is 18.6 Å². The van der Waals surface area contributed by atoms with Crippen LogP contribution in [0.1, 0.15) is 19.0 Å². The fourth-order valence-corrected chi connectivity index (χ4v) is 1.87. The topological polar surface area (TPSA) is 79.2 Å². The van der Waals surface area contributed by atoms with Gasteiger partial charge in [0.2, 0.25) is 0 Å². The summed E-state index contributed by atoms with van der Waals surface area (Å²) in [6.45, 7) is 2.44. The maximum absolute atomic E-state index is 10.7. The zero-order valence-corrected chi connectivity index (χ0v) is 12.2. The van der Waals surface area contributed by atoms with Crippen LogP contribution >= 0.6 is 0 Å². The van der Waals surface area contributed by atoms with Gasteiger partial charge in [-0.1, -0.05) is 6.92 Å². The van der Waals surface area contributed by atoms with E-state index in [-0.39, 0.29) is 6.42 Å². The van der Waals surface area contributed by atoms with Crippen LogP contribution in [0.3, 0.4) is 0 Å². The van der Waals surface area contributed by atoms with E-state index < -0.39 is 5.97 Å². The lowest BCUT2D eigenvalue weighted by molar-refractivity contribution is -0.136. The van der Waals surface area contributed by atoms with Crippen molar-refractivity contribution in [1.82, 2.24) is 15.0 Å². The van der Waals surface area contributed by atoms with E-state index in [2.05, 4.69) is 15.0 Å². The molecule has 2 heterocycles. The summed E-state index contributed by atoms with van der Waals surface area (Å²) in [6, 6.07) is 5.61. The molecule has 0 saturated carbocycles. The number of nitrogens with zero attached hydrogens (tertiary/aromatic N) is 4. The van der Waals surface area contributed by atoms with Gasteiger partial charge in [0.1, 0.15) is 5.82 Å². The fraction of sp³-hybridized carbons (Fsp3) is 0.333. The average Bonchev–Trinajstić information content (AvgIpc) is 2.52. The van der Waals surface area contributed by atoms with Crippen LogP contribution < -0.4 is 4.90 Å². The predicted octanol–water partition coefficient (Wildman–Crippen LogP) is 2.01. The first-order valence-corrected chi connectivity index (χ1v) is 6.81. The molecule has 0 saturated heterocycles. The highest BCUT2D eigenvalue weighted by Gasteiger charge is 2.10. The van der Waals surface area contributed by atoms with Gasteiger partial charge in [0.25, 0.3) is 0 Å². The zero-order valence-electron chi connectivity index (χ0n) is 12.2. The van der Waals surface area contributed by atoms with E-state index in [9.17, 15) is 4.79 Å². The number of carbonyl (C=O) groups is 1. The summed E-state index contributed by atoms with van der Waals surface area (Å²) in [5, 5.41) is 8.78. The van der Waals surface area contributed by atoms with Crippen LogP contribution in [0, 0.1) is 0 Å². The van der Waals surface area contributed by atoms with Crippen LogP contribution in [0.4, 0.5) is 5.82 Å². The Morgan fingerprint density at radius 1 is 1.29 bits per heavy atom. The quantitative estimate of drug-likeness (QED) is 0.875. The monoisotopic (exact) mass is 286 g/mol. The zero-order chi connectivity index (χ0) is 15.2. The lowest BCUT2D eigenvalue weighted by atomic mass is 10.2. The van der Waals surface area contributed by atoms with Crippen molar-refractivity contribution in [3.05, 3.63) is 36.3 Å². The van der Waals surface area contributed by atoms with Crippen molar-refractivity contribution < 1.29 is 9.90 Å². The SMILES string of the molecule is CCc1cc(N(C)CCC(=O)O)nc(-c2ccncc2)n1. The number of aromatic nitrogens is 3. The molecule has 0 aromatic carbocycles. The van der Waals surface area contributed by atoms with Crippen molar-refractivity contribution in [3.8, 4) is 11.4 Å². The van der Waals surface area contributed by atoms with Crippen LogP contribution in [-0.4, -0.2) is 39.6 Å². The molecule has 2 aromatic rings. The molecule has 21 heavy (non-hydrogen) atoms. The number of aliphatic carboxylic acids is 1. The van der Waals surface area contributed by atoms with Gasteiger partial charge in [-0.2, -0.15) is 0 Å². The summed E-state index contributed by atoms with van der Waals surface area (Å²) >= 11 is 0. The lowest BCUT2D eigenvalue weighted by Crippen LogP contribution is -2.22. The third kappa shape index (κ3) is 3.98. The van der Waals surface area contributed by atoms with Gasteiger partial charge in [-0.15, -0.1) is 0 Å². The second kappa shape index (κ2) is 6.78. The number of carboxylic acid groups (broad SMARTS) is 1. The largest absolute Gasteiger partial charge is 0.481 e. The van der Waals surface area contributed by atoms with Gasteiger partial charge in [0, 0.05) is 43.3 Å². The van der Waals surface area contributed by atoms with Crippen LogP contribution in [-0.2, 0) is 11.2 Å².